The molecule has 4 aromatic carbocycles. The SMILES string of the molecule is COc1ccc([C@@]23C(=O)N(Nc4ccc(Cl)cc4Cl)C(=O)[C@@H]2C[C@@H]2C(=CC[C@@H]4C(=O)N(c5ccc(Cl)cc5)C(=O)[C@@H]42)[C@@H]3c2cc(Br)ccc2O)cc1. The van der Waals surface area contributed by atoms with Gasteiger partial charge in [0.2, 0.25) is 11.8 Å². The van der Waals surface area contributed by atoms with Crippen LogP contribution in [0.5, 0.6) is 11.5 Å². The number of aromatic hydroxyl groups is 1. The molecule has 4 aromatic rings. The molecule has 13 heteroatoms. The number of allylic oxidation sites excluding steroid dienone is 2. The van der Waals surface area contributed by atoms with Crippen molar-refractivity contribution in [2.24, 2.45) is 23.7 Å². The number of nitrogens with one attached hydrogen (secondary N) is 1. The molecule has 2 aliphatic heterocycles. The van der Waals surface area contributed by atoms with Crippen LogP contribution in [0, 0.1) is 23.7 Å². The number of methoxy groups -OCH3 is 1. The van der Waals surface area contributed by atoms with E-state index >= 15 is 4.79 Å². The van der Waals surface area contributed by atoms with E-state index in [1.54, 1.807) is 72.8 Å². The molecular formula is C39H29BrCl3N3O6. The molecular weight excluding hydrogens is 793 g/mol. The lowest BCUT2D eigenvalue weighted by molar-refractivity contribution is -0.138. The number of carbonyl (C=O) groups excluding carboxylic acids is 4. The van der Waals surface area contributed by atoms with E-state index in [4.69, 9.17) is 39.5 Å². The number of carbonyl (C=O) groups is 4. The smallest absolute Gasteiger partial charge is 0.260 e. The van der Waals surface area contributed by atoms with E-state index in [0.717, 1.165) is 5.01 Å². The molecule has 2 saturated heterocycles. The lowest BCUT2D eigenvalue weighted by Gasteiger charge is -2.50. The zero-order chi connectivity index (χ0) is 36.6. The predicted octanol–water partition coefficient (Wildman–Crippen LogP) is 8.31. The lowest BCUT2D eigenvalue weighted by atomic mass is 9.49. The highest BCUT2D eigenvalue weighted by Crippen LogP contribution is 2.65. The third-order valence-corrected chi connectivity index (χ3v) is 12.3. The Morgan fingerprint density at radius 3 is 2.25 bits per heavy atom. The Bertz CT molecular complexity index is 2210. The summed E-state index contributed by atoms with van der Waals surface area (Å²) in [6.07, 6.45) is 2.23. The van der Waals surface area contributed by atoms with Crippen molar-refractivity contribution >= 4 is 85.7 Å². The Kier molecular flexibility index (Phi) is 8.65. The molecule has 9 nitrogen and oxygen atoms in total. The summed E-state index contributed by atoms with van der Waals surface area (Å²) in [6, 6.07) is 23.1. The van der Waals surface area contributed by atoms with Crippen molar-refractivity contribution < 1.29 is 29.0 Å². The van der Waals surface area contributed by atoms with Crippen LogP contribution >= 0.6 is 50.7 Å². The zero-order valence-electron chi connectivity index (χ0n) is 27.4. The first-order valence-electron chi connectivity index (χ1n) is 16.5. The number of rotatable bonds is 6. The summed E-state index contributed by atoms with van der Waals surface area (Å²) in [5, 5.41) is 13.6. The Morgan fingerprint density at radius 2 is 1.56 bits per heavy atom. The highest BCUT2D eigenvalue weighted by Gasteiger charge is 2.70. The van der Waals surface area contributed by atoms with Crippen LogP contribution in [0.1, 0.15) is 29.9 Å². The maximum atomic E-state index is 15.4. The normalized spacial score (nSPS) is 26.6. The fraction of sp³-hybridized carbons (Fsp3) is 0.231. The van der Waals surface area contributed by atoms with Gasteiger partial charge in [-0.2, -0.15) is 5.01 Å². The van der Waals surface area contributed by atoms with Crippen LogP contribution in [0.3, 0.4) is 0 Å². The van der Waals surface area contributed by atoms with Crippen molar-refractivity contribution in [3.8, 4) is 11.5 Å². The first-order chi connectivity index (χ1) is 24.9. The molecule has 4 aliphatic rings. The first-order valence-corrected chi connectivity index (χ1v) is 18.4. The van der Waals surface area contributed by atoms with Crippen LogP contribution in [0.15, 0.2) is 101 Å². The zero-order valence-corrected chi connectivity index (χ0v) is 31.2. The van der Waals surface area contributed by atoms with Gasteiger partial charge < -0.3 is 9.84 Å². The number of amides is 4. The Morgan fingerprint density at radius 1 is 0.846 bits per heavy atom. The fourth-order valence-electron chi connectivity index (χ4n) is 8.79. The van der Waals surface area contributed by atoms with Crippen molar-refractivity contribution in [3.05, 3.63) is 127 Å². The standard InChI is InChI=1S/C39H29BrCl3N3O6/c1-52-24-10-2-19(3-11-24)39-29(36(49)46(38(39)51)44-31-14-7-22(42)17-30(31)43)18-27-25(34(39)28-16-20(40)4-15-32(28)47)12-13-26-33(27)37(50)45(35(26)48)23-8-5-21(41)6-9-23/h2-12,14-17,26-27,29,33-34,44,47H,13,18H2,1H3/t26-,27+,29-,33-,34+,39+/m0/s1. The maximum absolute atomic E-state index is 15.4. The third kappa shape index (κ3) is 5.17. The van der Waals surface area contributed by atoms with Gasteiger partial charge in [-0.1, -0.05) is 74.5 Å². The van der Waals surface area contributed by atoms with E-state index in [1.807, 2.05) is 6.08 Å². The summed E-state index contributed by atoms with van der Waals surface area (Å²) in [7, 11) is 1.53. The minimum absolute atomic E-state index is 0.0782. The number of benzene rings is 4. The van der Waals surface area contributed by atoms with E-state index in [0.29, 0.717) is 42.7 Å². The second kappa shape index (κ2) is 12.9. The minimum atomic E-state index is -1.61. The molecule has 264 valence electrons. The number of phenols is 1. The minimum Gasteiger partial charge on any atom is -0.508 e. The predicted molar refractivity (Wildman–Crippen MR) is 200 cm³/mol. The average Bonchev–Trinajstić information content (AvgIpc) is 3.51. The number of nitrogens with zero attached hydrogens (tertiary/aromatic N) is 2. The fourth-order valence-corrected chi connectivity index (χ4v) is 9.74. The van der Waals surface area contributed by atoms with Gasteiger partial charge in [-0.05, 0) is 97.1 Å². The molecule has 6 atom stereocenters. The molecule has 8 rings (SSSR count). The molecule has 2 heterocycles. The Labute approximate surface area is 322 Å². The van der Waals surface area contributed by atoms with Gasteiger partial charge in [-0.3, -0.25) is 29.5 Å². The van der Waals surface area contributed by atoms with Gasteiger partial charge in [-0.15, -0.1) is 0 Å². The molecule has 0 radical (unpaired) electrons. The van der Waals surface area contributed by atoms with Crippen molar-refractivity contribution in [3.63, 3.8) is 0 Å². The highest BCUT2D eigenvalue weighted by atomic mass is 79.9. The number of halogens is 4. The van der Waals surface area contributed by atoms with E-state index in [-0.39, 0.29) is 41.1 Å². The Hall–Kier alpha value is -4.35. The number of phenolic OH excluding ortho intramolecular Hbond substituents is 1. The summed E-state index contributed by atoms with van der Waals surface area (Å²) in [5.41, 5.74) is 3.67. The number of anilines is 2. The van der Waals surface area contributed by atoms with Crippen LogP contribution < -0.4 is 15.1 Å². The van der Waals surface area contributed by atoms with Crippen molar-refractivity contribution in [2.75, 3.05) is 17.4 Å². The second-order valence-electron chi connectivity index (χ2n) is 13.4. The van der Waals surface area contributed by atoms with Crippen LogP contribution in [0.2, 0.25) is 15.1 Å². The monoisotopic (exact) mass is 819 g/mol. The number of imide groups is 2. The van der Waals surface area contributed by atoms with Crippen molar-refractivity contribution in [1.29, 1.82) is 0 Å². The van der Waals surface area contributed by atoms with Gasteiger partial charge in [0, 0.05) is 26.0 Å². The molecule has 52 heavy (non-hydrogen) atoms. The van der Waals surface area contributed by atoms with Crippen LogP contribution in [0.25, 0.3) is 0 Å². The lowest BCUT2D eigenvalue weighted by Crippen LogP contribution is -2.53. The molecule has 0 bridgehead atoms. The number of hydrazine groups is 1. The van der Waals surface area contributed by atoms with E-state index in [9.17, 15) is 19.5 Å². The van der Waals surface area contributed by atoms with E-state index < -0.39 is 46.8 Å². The molecule has 0 spiro atoms. The molecule has 3 fully saturated rings. The maximum Gasteiger partial charge on any atom is 0.260 e. The van der Waals surface area contributed by atoms with Crippen molar-refractivity contribution in [1.82, 2.24) is 5.01 Å². The highest BCUT2D eigenvalue weighted by molar-refractivity contribution is 9.10. The van der Waals surface area contributed by atoms with Gasteiger partial charge in [0.25, 0.3) is 11.8 Å². The van der Waals surface area contributed by atoms with Gasteiger partial charge in [0.1, 0.15) is 11.5 Å². The molecule has 1 saturated carbocycles. The molecule has 2 aliphatic carbocycles. The summed E-state index contributed by atoms with van der Waals surface area (Å²) < 4.78 is 6.09. The van der Waals surface area contributed by atoms with Gasteiger partial charge >= 0.3 is 0 Å². The number of ether oxygens (including phenoxy) is 1. The molecule has 0 aromatic heterocycles. The van der Waals surface area contributed by atoms with Gasteiger partial charge in [0.15, 0.2) is 0 Å². The topological polar surface area (TPSA) is 116 Å². The summed E-state index contributed by atoms with van der Waals surface area (Å²) in [5.74, 6) is -5.47. The van der Waals surface area contributed by atoms with E-state index in [1.165, 1.54) is 24.1 Å². The number of hydrogen-bond acceptors (Lipinski definition) is 7. The first kappa shape index (κ1) is 34.7. The quantitative estimate of drug-likeness (QED) is 0.149. The molecule has 2 N–H and O–H groups in total. The summed E-state index contributed by atoms with van der Waals surface area (Å²) in [6.45, 7) is 0. The number of fused-ring (bicyclic) bond motifs is 4. The van der Waals surface area contributed by atoms with Crippen LogP contribution in [-0.4, -0.2) is 40.9 Å². The Balaban J connectivity index is 1.34. The second-order valence-corrected chi connectivity index (χ2v) is 15.6. The molecule has 0 unspecified atom stereocenters. The summed E-state index contributed by atoms with van der Waals surface area (Å²) >= 11 is 22.4. The average molecular weight is 822 g/mol. The van der Waals surface area contributed by atoms with Crippen molar-refractivity contribution in [2.45, 2.75) is 24.2 Å². The van der Waals surface area contributed by atoms with Gasteiger partial charge in [0.05, 0.1) is 46.7 Å². The molecule has 4 amide bonds. The summed E-state index contributed by atoms with van der Waals surface area (Å²) in [4.78, 5) is 59.9. The third-order valence-electron chi connectivity index (χ3n) is 11.0. The van der Waals surface area contributed by atoms with Crippen LogP contribution in [-0.2, 0) is 24.6 Å². The largest absolute Gasteiger partial charge is 0.508 e. The number of hydrogen-bond donors (Lipinski definition) is 2. The van der Waals surface area contributed by atoms with Crippen LogP contribution in [0.4, 0.5) is 11.4 Å². The van der Waals surface area contributed by atoms with E-state index in [2.05, 4.69) is 21.4 Å². The van der Waals surface area contributed by atoms with Gasteiger partial charge in [-0.25, -0.2) is 0 Å².